The maximum Gasteiger partial charge on any atom is 0.274 e. The van der Waals surface area contributed by atoms with E-state index in [1.165, 1.54) is 6.33 Å². The Balaban J connectivity index is 2.24. The van der Waals surface area contributed by atoms with Crippen LogP contribution in [0.5, 0.6) is 0 Å². The van der Waals surface area contributed by atoms with Gasteiger partial charge in [0.25, 0.3) is 5.89 Å². The Kier molecular flexibility index (Phi) is 1.41. The number of hydrogen-bond acceptors (Lipinski definition) is 3. The molecule has 0 saturated carbocycles. The minimum Gasteiger partial charge on any atom is -0.351 e. The van der Waals surface area contributed by atoms with E-state index < -0.39 is 0 Å². The van der Waals surface area contributed by atoms with E-state index in [1.54, 1.807) is 0 Å². The Morgan fingerprint density at radius 2 is 2.14 bits per heavy atom. The van der Waals surface area contributed by atoms with Crippen LogP contribution >= 0.6 is 0 Å². The first-order chi connectivity index (χ1) is 6.93. The van der Waals surface area contributed by atoms with Crippen molar-refractivity contribution in [3.05, 3.63) is 36.7 Å². The van der Waals surface area contributed by atoms with Crippen LogP contribution in [0.1, 0.15) is 0 Å². The third kappa shape index (κ3) is 1.01. The van der Waals surface area contributed by atoms with Gasteiger partial charge in [0.2, 0.25) is 0 Å². The molecule has 0 aliphatic carbocycles. The van der Waals surface area contributed by atoms with Crippen molar-refractivity contribution in [3.8, 4) is 11.6 Å². The van der Waals surface area contributed by atoms with Gasteiger partial charge in [0.1, 0.15) is 5.69 Å². The topological polar surface area (TPSA) is 54.7 Å². The second kappa shape index (κ2) is 2.70. The summed E-state index contributed by atoms with van der Waals surface area (Å²) in [6.07, 6.45) is 1.39. The van der Waals surface area contributed by atoms with Gasteiger partial charge in [-0.15, -0.1) is 0 Å². The monoisotopic (exact) mass is 185 g/mol. The predicted molar refractivity (Wildman–Crippen MR) is 51.6 cm³/mol. The summed E-state index contributed by atoms with van der Waals surface area (Å²) in [4.78, 5) is 7.17. The third-order valence-electron chi connectivity index (χ3n) is 2.12. The molecule has 4 nitrogen and oxygen atoms in total. The summed E-state index contributed by atoms with van der Waals surface area (Å²) >= 11 is 0. The molecule has 0 radical (unpaired) electrons. The van der Waals surface area contributed by atoms with Crippen LogP contribution in [0.25, 0.3) is 22.5 Å². The zero-order valence-electron chi connectivity index (χ0n) is 7.27. The van der Waals surface area contributed by atoms with Crippen LogP contribution < -0.4 is 0 Å². The Morgan fingerprint density at radius 3 is 2.93 bits per heavy atom. The van der Waals surface area contributed by atoms with E-state index in [1.807, 2.05) is 30.3 Å². The van der Waals surface area contributed by atoms with Crippen LogP contribution in [0, 0.1) is 0 Å². The second-order valence-electron chi connectivity index (χ2n) is 3.02. The molecule has 0 amide bonds. The molecule has 0 saturated heterocycles. The standard InChI is InChI=1S/C10H7N3O/c1-2-4-8-7(3-1)5-9(13-8)10-11-6-12-14-10/h1-6,13H. The molecule has 0 unspecified atom stereocenters. The van der Waals surface area contributed by atoms with E-state index in [-0.39, 0.29) is 0 Å². The lowest BCUT2D eigenvalue weighted by Gasteiger charge is -1.85. The number of hydrogen-bond donors (Lipinski definition) is 1. The van der Waals surface area contributed by atoms with Crippen molar-refractivity contribution < 1.29 is 4.52 Å². The third-order valence-corrected chi connectivity index (χ3v) is 2.12. The first kappa shape index (κ1) is 7.32. The van der Waals surface area contributed by atoms with Crippen LogP contribution in [0.4, 0.5) is 0 Å². The minimum absolute atomic E-state index is 0.515. The molecule has 0 fully saturated rings. The smallest absolute Gasteiger partial charge is 0.274 e. The number of para-hydroxylation sites is 1. The van der Waals surface area contributed by atoms with E-state index in [4.69, 9.17) is 4.52 Å². The molecule has 1 N–H and O–H groups in total. The number of nitrogens with zero attached hydrogens (tertiary/aromatic N) is 2. The van der Waals surface area contributed by atoms with Crippen molar-refractivity contribution in [1.82, 2.24) is 15.1 Å². The number of aromatic nitrogens is 3. The van der Waals surface area contributed by atoms with Gasteiger partial charge in [0.15, 0.2) is 6.33 Å². The number of fused-ring (bicyclic) bond motifs is 1. The molecule has 0 aliphatic heterocycles. The van der Waals surface area contributed by atoms with Crippen LogP contribution in [-0.4, -0.2) is 15.1 Å². The largest absolute Gasteiger partial charge is 0.351 e. The van der Waals surface area contributed by atoms with Crippen LogP contribution in [-0.2, 0) is 0 Å². The van der Waals surface area contributed by atoms with E-state index in [0.29, 0.717) is 5.89 Å². The molecule has 0 spiro atoms. The van der Waals surface area contributed by atoms with E-state index in [2.05, 4.69) is 15.1 Å². The fraction of sp³-hybridized carbons (Fsp3) is 0. The first-order valence-corrected chi connectivity index (χ1v) is 4.28. The Morgan fingerprint density at radius 1 is 1.21 bits per heavy atom. The van der Waals surface area contributed by atoms with Gasteiger partial charge in [-0.1, -0.05) is 23.4 Å². The summed E-state index contributed by atoms with van der Waals surface area (Å²) in [6.45, 7) is 0. The predicted octanol–water partition coefficient (Wildman–Crippen LogP) is 2.22. The second-order valence-corrected chi connectivity index (χ2v) is 3.02. The molecule has 0 atom stereocenters. The summed E-state index contributed by atoms with van der Waals surface area (Å²) in [7, 11) is 0. The summed E-state index contributed by atoms with van der Waals surface area (Å²) in [6, 6.07) is 10.0. The Bertz CT molecular complexity index is 521. The molecule has 0 bridgehead atoms. The van der Waals surface area contributed by atoms with Gasteiger partial charge < -0.3 is 9.51 Å². The average Bonchev–Trinajstić information content (AvgIpc) is 2.86. The molecular formula is C10H7N3O. The highest BCUT2D eigenvalue weighted by Crippen LogP contribution is 2.21. The van der Waals surface area contributed by atoms with Crippen molar-refractivity contribution in [2.24, 2.45) is 0 Å². The van der Waals surface area contributed by atoms with E-state index in [0.717, 1.165) is 16.6 Å². The number of nitrogens with one attached hydrogen (secondary N) is 1. The summed E-state index contributed by atoms with van der Waals surface area (Å²) in [5.74, 6) is 0.515. The van der Waals surface area contributed by atoms with Crippen molar-refractivity contribution >= 4 is 10.9 Å². The van der Waals surface area contributed by atoms with E-state index in [9.17, 15) is 0 Å². The van der Waals surface area contributed by atoms with Crippen LogP contribution in [0.2, 0.25) is 0 Å². The Labute approximate surface area is 79.6 Å². The van der Waals surface area contributed by atoms with Gasteiger partial charge in [-0.05, 0) is 12.1 Å². The highest BCUT2D eigenvalue weighted by atomic mass is 16.5. The highest BCUT2D eigenvalue weighted by molar-refractivity contribution is 5.84. The minimum atomic E-state index is 0.515. The van der Waals surface area contributed by atoms with Crippen molar-refractivity contribution in [3.63, 3.8) is 0 Å². The molecule has 4 heteroatoms. The molecule has 1 aromatic carbocycles. The van der Waals surface area contributed by atoms with Gasteiger partial charge in [0, 0.05) is 10.9 Å². The van der Waals surface area contributed by atoms with Crippen molar-refractivity contribution in [1.29, 1.82) is 0 Å². The SMILES string of the molecule is c1ccc2[nH]c(-c3ncno3)cc2c1. The molecule has 3 rings (SSSR count). The maximum absolute atomic E-state index is 4.96. The molecular weight excluding hydrogens is 178 g/mol. The molecule has 2 heterocycles. The van der Waals surface area contributed by atoms with Crippen LogP contribution in [0.15, 0.2) is 41.2 Å². The summed E-state index contributed by atoms with van der Waals surface area (Å²) < 4.78 is 4.96. The number of rotatable bonds is 1. The summed E-state index contributed by atoms with van der Waals surface area (Å²) in [5, 5.41) is 4.70. The van der Waals surface area contributed by atoms with Gasteiger partial charge >= 0.3 is 0 Å². The lowest BCUT2D eigenvalue weighted by Crippen LogP contribution is -1.74. The molecule has 2 aromatic heterocycles. The quantitative estimate of drug-likeness (QED) is 0.632. The normalized spacial score (nSPS) is 10.9. The van der Waals surface area contributed by atoms with Gasteiger partial charge in [-0.25, -0.2) is 0 Å². The van der Waals surface area contributed by atoms with Gasteiger partial charge in [0.05, 0.1) is 0 Å². The summed E-state index contributed by atoms with van der Waals surface area (Å²) in [5.41, 5.74) is 1.92. The van der Waals surface area contributed by atoms with Crippen molar-refractivity contribution in [2.45, 2.75) is 0 Å². The molecule has 0 aliphatic rings. The van der Waals surface area contributed by atoms with Gasteiger partial charge in [-0.2, -0.15) is 4.98 Å². The zero-order chi connectivity index (χ0) is 9.38. The lowest BCUT2D eigenvalue weighted by atomic mass is 10.2. The molecule has 68 valence electrons. The number of benzene rings is 1. The molecule has 14 heavy (non-hydrogen) atoms. The lowest BCUT2D eigenvalue weighted by molar-refractivity contribution is 0.429. The molecule has 3 aromatic rings. The number of H-pyrrole nitrogens is 1. The first-order valence-electron chi connectivity index (χ1n) is 4.28. The van der Waals surface area contributed by atoms with Crippen LogP contribution in [0.3, 0.4) is 0 Å². The average molecular weight is 185 g/mol. The fourth-order valence-electron chi connectivity index (χ4n) is 1.48. The number of aromatic amines is 1. The highest BCUT2D eigenvalue weighted by Gasteiger charge is 2.06. The Hall–Kier alpha value is -2.10. The zero-order valence-corrected chi connectivity index (χ0v) is 7.27. The fourth-order valence-corrected chi connectivity index (χ4v) is 1.48. The van der Waals surface area contributed by atoms with Gasteiger partial charge in [-0.3, -0.25) is 0 Å². The van der Waals surface area contributed by atoms with E-state index >= 15 is 0 Å². The maximum atomic E-state index is 4.96. The van der Waals surface area contributed by atoms with Crippen molar-refractivity contribution in [2.75, 3.05) is 0 Å².